The van der Waals surface area contributed by atoms with Crippen LogP contribution in [0.2, 0.25) is 0 Å². The maximum atomic E-state index is 12.1. The molecule has 1 heterocycles. The highest BCUT2D eigenvalue weighted by atomic mass is 16.2. The third-order valence-electron chi connectivity index (χ3n) is 3.58. The molecule has 0 aromatic rings. The summed E-state index contributed by atoms with van der Waals surface area (Å²) < 4.78 is 0. The minimum absolute atomic E-state index is 0.0317. The van der Waals surface area contributed by atoms with Crippen LogP contribution in [-0.2, 0) is 9.59 Å². The molecule has 5 heteroatoms. The molecule has 0 saturated carbocycles. The Morgan fingerprint density at radius 1 is 1.24 bits per heavy atom. The molecule has 21 heavy (non-hydrogen) atoms. The van der Waals surface area contributed by atoms with Crippen LogP contribution in [0.4, 0.5) is 0 Å². The number of rotatable bonds is 9. The fraction of sp³-hybridized carbons (Fsp3) is 0.750. The van der Waals surface area contributed by atoms with Crippen molar-refractivity contribution < 1.29 is 9.59 Å². The van der Waals surface area contributed by atoms with Gasteiger partial charge < -0.3 is 15.5 Å². The van der Waals surface area contributed by atoms with Crippen molar-refractivity contribution in [1.82, 2.24) is 15.5 Å². The molecule has 1 aliphatic heterocycles. The number of hydrogen-bond acceptors (Lipinski definition) is 3. The molecule has 2 amide bonds. The van der Waals surface area contributed by atoms with Gasteiger partial charge in [0.15, 0.2) is 0 Å². The normalized spacial score (nSPS) is 14.5. The van der Waals surface area contributed by atoms with Gasteiger partial charge in [-0.05, 0) is 25.8 Å². The molecule has 2 N–H and O–H groups in total. The van der Waals surface area contributed by atoms with Crippen molar-refractivity contribution in [2.75, 3.05) is 32.7 Å². The van der Waals surface area contributed by atoms with Gasteiger partial charge in [-0.2, -0.15) is 0 Å². The van der Waals surface area contributed by atoms with Crippen molar-refractivity contribution in [2.45, 2.75) is 46.0 Å². The lowest BCUT2D eigenvalue weighted by atomic mass is 10.1. The van der Waals surface area contributed by atoms with Crippen LogP contribution < -0.4 is 10.6 Å². The molecule has 0 spiro atoms. The maximum Gasteiger partial charge on any atom is 0.223 e. The average Bonchev–Trinajstić information content (AvgIpc) is 2.51. The van der Waals surface area contributed by atoms with E-state index in [4.69, 9.17) is 0 Å². The smallest absolute Gasteiger partial charge is 0.223 e. The van der Waals surface area contributed by atoms with Gasteiger partial charge in [0.05, 0.1) is 0 Å². The summed E-state index contributed by atoms with van der Waals surface area (Å²) in [6, 6.07) is 0. The summed E-state index contributed by atoms with van der Waals surface area (Å²) in [4.78, 5) is 25.7. The van der Waals surface area contributed by atoms with Crippen LogP contribution in [0.1, 0.15) is 46.0 Å². The summed E-state index contributed by atoms with van der Waals surface area (Å²) in [5.74, 6) is 0.0608. The highest BCUT2D eigenvalue weighted by Gasteiger charge is 2.13. The Bertz CT molecular complexity index is 361. The van der Waals surface area contributed by atoms with Gasteiger partial charge in [0.2, 0.25) is 11.8 Å². The van der Waals surface area contributed by atoms with E-state index in [1.165, 1.54) is 5.57 Å². The van der Waals surface area contributed by atoms with Gasteiger partial charge in [-0.25, -0.2) is 0 Å². The predicted molar refractivity (Wildman–Crippen MR) is 85.0 cm³/mol. The number of nitrogens with one attached hydrogen (secondary N) is 2. The summed E-state index contributed by atoms with van der Waals surface area (Å²) in [7, 11) is 0. The molecule has 0 radical (unpaired) electrons. The van der Waals surface area contributed by atoms with E-state index in [1.54, 1.807) is 0 Å². The molecular weight excluding hydrogens is 266 g/mol. The first-order valence-electron chi connectivity index (χ1n) is 8.10. The minimum atomic E-state index is -0.0317. The first kappa shape index (κ1) is 17.7. The Hall–Kier alpha value is -1.36. The Morgan fingerprint density at radius 2 is 1.95 bits per heavy atom. The number of amides is 2. The SMILES string of the molecule is CCCN(CCC)C(=O)CCC(=O)NCC1=CCNCC1. The van der Waals surface area contributed by atoms with Crippen molar-refractivity contribution in [3.63, 3.8) is 0 Å². The lowest BCUT2D eigenvalue weighted by Gasteiger charge is -2.21. The Morgan fingerprint density at radius 3 is 2.52 bits per heavy atom. The highest BCUT2D eigenvalue weighted by molar-refractivity contribution is 5.83. The topological polar surface area (TPSA) is 61.4 Å². The molecule has 0 bridgehead atoms. The molecule has 5 nitrogen and oxygen atoms in total. The van der Waals surface area contributed by atoms with E-state index in [1.807, 2.05) is 4.90 Å². The first-order valence-corrected chi connectivity index (χ1v) is 8.10. The van der Waals surface area contributed by atoms with Crippen molar-refractivity contribution in [3.8, 4) is 0 Å². The van der Waals surface area contributed by atoms with Crippen LogP contribution in [0, 0.1) is 0 Å². The lowest BCUT2D eigenvalue weighted by Crippen LogP contribution is -2.34. The lowest BCUT2D eigenvalue weighted by molar-refractivity contribution is -0.133. The number of carbonyl (C=O) groups is 2. The van der Waals surface area contributed by atoms with E-state index in [-0.39, 0.29) is 18.2 Å². The van der Waals surface area contributed by atoms with Crippen molar-refractivity contribution >= 4 is 11.8 Å². The third kappa shape index (κ3) is 7.27. The van der Waals surface area contributed by atoms with Gasteiger partial charge in [-0.15, -0.1) is 0 Å². The second-order valence-corrected chi connectivity index (χ2v) is 5.47. The van der Waals surface area contributed by atoms with Crippen LogP contribution in [0.5, 0.6) is 0 Å². The van der Waals surface area contributed by atoms with Gasteiger partial charge in [0.25, 0.3) is 0 Å². The van der Waals surface area contributed by atoms with Crippen LogP contribution in [0.25, 0.3) is 0 Å². The van der Waals surface area contributed by atoms with E-state index < -0.39 is 0 Å². The minimum Gasteiger partial charge on any atom is -0.352 e. The zero-order valence-electron chi connectivity index (χ0n) is 13.4. The molecule has 1 aliphatic rings. The molecule has 0 fully saturated rings. The summed E-state index contributed by atoms with van der Waals surface area (Å²) >= 11 is 0. The monoisotopic (exact) mass is 295 g/mol. The van der Waals surface area contributed by atoms with Gasteiger partial charge in [-0.1, -0.05) is 25.5 Å². The van der Waals surface area contributed by atoms with Crippen LogP contribution in [0.15, 0.2) is 11.6 Å². The van der Waals surface area contributed by atoms with Crippen molar-refractivity contribution in [1.29, 1.82) is 0 Å². The Balaban J connectivity index is 2.24. The van der Waals surface area contributed by atoms with E-state index >= 15 is 0 Å². The highest BCUT2D eigenvalue weighted by Crippen LogP contribution is 2.04. The molecule has 120 valence electrons. The maximum absolute atomic E-state index is 12.1. The molecular formula is C16H29N3O2. The molecule has 0 aromatic heterocycles. The van der Waals surface area contributed by atoms with Crippen LogP contribution in [0.3, 0.4) is 0 Å². The van der Waals surface area contributed by atoms with Crippen molar-refractivity contribution in [3.05, 3.63) is 11.6 Å². The molecule has 0 unspecified atom stereocenters. The summed E-state index contributed by atoms with van der Waals surface area (Å²) in [6.07, 6.45) is 5.63. The molecule has 0 aliphatic carbocycles. The second kappa shape index (κ2) is 10.4. The first-order chi connectivity index (χ1) is 10.2. The van der Waals surface area contributed by atoms with Gasteiger partial charge in [0, 0.05) is 39.0 Å². The molecule has 1 rings (SSSR count). The number of carbonyl (C=O) groups excluding carboxylic acids is 2. The van der Waals surface area contributed by atoms with Crippen LogP contribution >= 0.6 is 0 Å². The third-order valence-corrected chi connectivity index (χ3v) is 3.58. The van der Waals surface area contributed by atoms with E-state index in [0.717, 1.165) is 45.4 Å². The Kier molecular flexibility index (Phi) is 8.74. The standard InChI is InChI=1S/C16H29N3O2/c1-3-11-19(12-4-2)16(21)6-5-15(20)18-13-14-7-9-17-10-8-14/h7,17H,3-6,8-13H2,1-2H3,(H,18,20). The quantitative estimate of drug-likeness (QED) is 0.633. The zero-order valence-corrected chi connectivity index (χ0v) is 13.4. The average molecular weight is 295 g/mol. The fourth-order valence-electron chi connectivity index (χ4n) is 2.41. The largest absolute Gasteiger partial charge is 0.352 e. The molecule has 0 saturated heterocycles. The summed E-state index contributed by atoms with van der Waals surface area (Å²) in [6.45, 7) is 8.17. The Labute approximate surface area is 128 Å². The summed E-state index contributed by atoms with van der Waals surface area (Å²) in [5.41, 5.74) is 1.27. The van der Waals surface area contributed by atoms with Gasteiger partial charge >= 0.3 is 0 Å². The van der Waals surface area contributed by atoms with E-state index in [2.05, 4.69) is 30.6 Å². The fourth-order valence-corrected chi connectivity index (χ4v) is 2.41. The number of hydrogen-bond donors (Lipinski definition) is 2. The molecule has 0 atom stereocenters. The van der Waals surface area contributed by atoms with E-state index in [0.29, 0.717) is 13.0 Å². The van der Waals surface area contributed by atoms with Crippen LogP contribution in [-0.4, -0.2) is 49.4 Å². The summed E-state index contributed by atoms with van der Waals surface area (Å²) in [5, 5.41) is 6.14. The van der Waals surface area contributed by atoms with Gasteiger partial charge in [-0.3, -0.25) is 9.59 Å². The zero-order chi connectivity index (χ0) is 15.5. The predicted octanol–water partition coefficient (Wildman–Crippen LogP) is 1.45. The second-order valence-electron chi connectivity index (χ2n) is 5.47. The van der Waals surface area contributed by atoms with E-state index in [9.17, 15) is 9.59 Å². The van der Waals surface area contributed by atoms with Gasteiger partial charge in [0.1, 0.15) is 0 Å². The van der Waals surface area contributed by atoms with Crippen molar-refractivity contribution in [2.24, 2.45) is 0 Å². The number of nitrogens with zero attached hydrogens (tertiary/aromatic N) is 1. The molecule has 0 aromatic carbocycles.